The van der Waals surface area contributed by atoms with Crippen LogP contribution < -0.4 is 5.32 Å². The molecule has 0 saturated heterocycles. The molecule has 3 nitrogen and oxygen atoms in total. The number of methoxy groups -OCH3 is 1. The van der Waals surface area contributed by atoms with E-state index in [-0.39, 0.29) is 6.10 Å². The molecule has 0 amide bonds. The fourth-order valence-corrected chi connectivity index (χ4v) is 1.15. The summed E-state index contributed by atoms with van der Waals surface area (Å²) in [5.74, 6) is 0.338. The van der Waals surface area contributed by atoms with Gasteiger partial charge in [-0.15, -0.1) is 0 Å². The molecule has 14 heavy (non-hydrogen) atoms. The number of hydrogen-bond acceptors (Lipinski definition) is 3. The van der Waals surface area contributed by atoms with Crippen LogP contribution in [-0.2, 0) is 11.3 Å². The quantitative estimate of drug-likeness (QED) is 0.748. The first-order valence-electron chi connectivity index (χ1n) is 4.74. The molecule has 0 aliphatic rings. The zero-order valence-electron chi connectivity index (χ0n) is 8.66. The molecule has 1 aromatic rings. The van der Waals surface area contributed by atoms with Gasteiger partial charge in [-0.2, -0.15) is 0 Å². The van der Waals surface area contributed by atoms with Crippen LogP contribution in [0.25, 0.3) is 0 Å². The number of nitrogens with one attached hydrogen (secondary N) is 1. The second-order valence-electron chi connectivity index (χ2n) is 3.31. The van der Waals surface area contributed by atoms with Gasteiger partial charge in [0.2, 0.25) is 0 Å². The maximum Gasteiger partial charge on any atom is 0.120 e. The molecule has 2 N–H and O–H groups in total. The zero-order valence-corrected chi connectivity index (χ0v) is 8.66. The van der Waals surface area contributed by atoms with E-state index < -0.39 is 0 Å². The van der Waals surface area contributed by atoms with Crippen molar-refractivity contribution in [1.29, 1.82) is 0 Å². The highest BCUT2D eigenvalue weighted by atomic mass is 16.5. The molecule has 0 aliphatic heterocycles. The van der Waals surface area contributed by atoms with Crippen molar-refractivity contribution >= 4 is 0 Å². The first-order chi connectivity index (χ1) is 6.74. The Morgan fingerprint density at radius 2 is 2.14 bits per heavy atom. The van der Waals surface area contributed by atoms with Crippen molar-refractivity contribution < 1.29 is 9.84 Å². The summed E-state index contributed by atoms with van der Waals surface area (Å²) in [6.45, 7) is 3.45. The van der Waals surface area contributed by atoms with Gasteiger partial charge in [0.05, 0.1) is 6.10 Å². The van der Waals surface area contributed by atoms with Crippen LogP contribution in [0.4, 0.5) is 0 Å². The summed E-state index contributed by atoms with van der Waals surface area (Å²) in [4.78, 5) is 0. The number of aromatic hydroxyl groups is 1. The molecule has 1 atom stereocenters. The summed E-state index contributed by atoms with van der Waals surface area (Å²) < 4.78 is 5.09. The van der Waals surface area contributed by atoms with Crippen molar-refractivity contribution in [2.24, 2.45) is 0 Å². The van der Waals surface area contributed by atoms with Crippen LogP contribution in [0.1, 0.15) is 12.5 Å². The topological polar surface area (TPSA) is 41.5 Å². The van der Waals surface area contributed by atoms with Crippen LogP contribution in [0.2, 0.25) is 0 Å². The monoisotopic (exact) mass is 195 g/mol. The number of para-hydroxylation sites is 1. The van der Waals surface area contributed by atoms with Gasteiger partial charge < -0.3 is 15.2 Å². The number of benzene rings is 1. The second-order valence-corrected chi connectivity index (χ2v) is 3.31. The van der Waals surface area contributed by atoms with E-state index in [0.29, 0.717) is 12.3 Å². The maximum absolute atomic E-state index is 9.46. The van der Waals surface area contributed by atoms with Crippen LogP contribution in [0, 0.1) is 0 Å². The Morgan fingerprint density at radius 1 is 1.43 bits per heavy atom. The lowest BCUT2D eigenvalue weighted by atomic mass is 10.2. The third-order valence-corrected chi connectivity index (χ3v) is 2.14. The molecule has 0 saturated carbocycles. The predicted octanol–water partition coefficient (Wildman–Crippen LogP) is 1.52. The highest BCUT2D eigenvalue weighted by molar-refractivity contribution is 5.31. The van der Waals surface area contributed by atoms with Gasteiger partial charge in [-0.3, -0.25) is 0 Å². The number of rotatable bonds is 5. The van der Waals surface area contributed by atoms with E-state index in [1.807, 2.05) is 25.1 Å². The molecule has 1 aromatic carbocycles. The van der Waals surface area contributed by atoms with Gasteiger partial charge in [-0.05, 0) is 13.0 Å². The molecule has 0 radical (unpaired) electrons. The van der Waals surface area contributed by atoms with Gasteiger partial charge in [-0.1, -0.05) is 18.2 Å². The Morgan fingerprint density at radius 3 is 2.79 bits per heavy atom. The summed E-state index contributed by atoms with van der Waals surface area (Å²) in [6.07, 6.45) is 0.195. The summed E-state index contributed by atoms with van der Waals surface area (Å²) >= 11 is 0. The maximum atomic E-state index is 9.46. The van der Waals surface area contributed by atoms with E-state index in [1.54, 1.807) is 13.2 Å². The van der Waals surface area contributed by atoms with Gasteiger partial charge in [0, 0.05) is 25.8 Å². The second kappa shape index (κ2) is 5.62. The van der Waals surface area contributed by atoms with Crippen LogP contribution in [0.5, 0.6) is 5.75 Å². The normalized spacial score (nSPS) is 12.7. The average molecular weight is 195 g/mol. The average Bonchev–Trinajstić information content (AvgIpc) is 2.20. The molecular weight excluding hydrogens is 178 g/mol. The lowest BCUT2D eigenvalue weighted by Crippen LogP contribution is -2.25. The predicted molar refractivity (Wildman–Crippen MR) is 56.3 cm³/mol. The van der Waals surface area contributed by atoms with Gasteiger partial charge in [0.25, 0.3) is 0 Å². The van der Waals surface area contributed by atoms with Crippen molar-refractivity contribution in [3.8, 4) is 5.75 Å². The number of hydrogen-bond donors (Lipinski definition) is 2. The first kappa shape index (κ1) is 11.0. The molecule has 0 heterocycles. The summed E-state index contributed by atoms with van der Waals surface area (Å²) in [5, 5.41) is 12.7. The largest absolute Gasteiger partial charge is 0.508 e. The van der Waals surface area contributed by atoms with E-state index in [1.165, 1.54) is 0 Å². The van der Waals surface area contributed by atoms with Crippen LogP contribution >= 0.6 is 0 Å². The Labute approximate surface area is 84.7 Å². The fourth-order valence-electron chi connectivity index (χ4n) is 1.15. The van der Waals surface area contributed by atoms with Gasteiger partial charge >= 0.3 is 0 Å². The van der Waals surface area contributed by atoms with Gasteiger partial charge in [0.15, 0.2) is 0 Å². The van der Waals surface area contributed by atoms with Crippen LogP contribution in [-0.4, -0.2) is 24.9 Å². The highest BCUT2D eigenvalue weighted by Gasteiger charge is 2.01. The first-order valence-corrected chi connectivity index (χ1v) is 4.74. The van der Waals surface area contributed by atoms with Crippen molar-refractivity contribution in [3.63, 3.8) is 0 Å². The number of ether oxygens (including phenoxy) is 1. The SMILES string of the molecule is COC(C)CNCc1ccccc1O. The molecule has 1 rings (SSSR count). The zero-order chi connectivity index (χ0) is 10.4. The van der Waals surface area contributed by atoms with Crippen molar-refractivity contribution in [2.75, 3.05) is 13.7 Å². The van der Waals surface area contributed by atoms with Crippen molar-refractivity contribution in [2.45, 2.75) is 19.6 Å². The van der Waals surface area contributed by atoms with Crippen LogP contribution in [0.3, 0.4) is 0 Å². The van der Waals surface area contributed by atoms with Crippen LogP contribution in [0.15, 0.2) is 24.3 Å². The minimum atomic E-state index is 0.195. The van der Waals surface area contributed by atoms with Gasteiger partial charge in [-0.25, -0.2) is 0 Å². The molecule has 1 unspecified atom stereocenters. The molecule has 0 bridgehead atoms. The van der Waals surface area contributed by atoms with E-state index in [4.69, 9.17) is 4.74 Å². The lowest BCUT2D eigenvalue weighted by Gasteiger charge is -2.11. The molecule has 0 aliphatic carbocycles. The fraction of sp³-hybridized carbons (Fsp3) is 0.455. The molecule has 0 spiro atoms. The molecule has 3 heteroatoms. The Bertz CT molecular complexity index is 276. The van der Waals surface area contributed by atoms with E-state index >= 15 is 0 Å². The van der Waals surface area contributed by atoms with Crippen molar-refractivity contribution in [1.82, 2.24) is 5.32 Å². The Kier molecular flexibility index (Phi) is 4.43. The van der Waals surface area contributed by atoms with Crippen molar-refractivity contribution in [3.05, 3.63) is 29.8 Å². The third kappa shape index (κ3) is 3.36. The van der Waals surface area contributed by atoms with Gasteiger partial charge in [0.1, 0.15) is 5.75 Å². The van der Waals surface area contributed by atoms with E-state index in [0.717, 1.165) is 12.1 Å². The number of phenols is 1. The molecule has 78 valence electrons. The lowest BCUT2D eigenvalue weighted by molar-refractivity contribution is 0.117. The molecule has 0 fully saturated rings. The standard InChI is InChI=1S/C11H17NO2/c1-9(14-2)7-12-8-10-5-3-4-6-11(10)13/h3-6,9,12-13H,7-8H2,1-2H3. The highest BCUT2D eigenvalue weighted by Crippen LogP contribution is 2.14. The molecular formula is C11H17NO2. The summed E-state index contributed by atoms with van der Waals surface area (Å²) in [6, 6.07) is 7.32. The van der Waals surface area contributed by atoms with E-state index in [9.17, 15) is 5.11 Å². The Hall–Kier alpha value is -1.06. The minimum Gasteiger partial charge on any atom is -0.508 e. The number of phenolic OH excluding ortho intramolecular Hbond substituents is 1. The minimum absolute atomic E-state index is 0.195. The van der Waals surface area contributed by atoms with E-state index in [2.05, 4.69) is 5.32 Å². The summed E-state index contributed by atoms with van der Waals surface area (Å²) in [7, 11) is 1.69. The smallest absolute Gasteiger partial charge is 0.120 e. The summed E-state index contributed by atoms with van der Waals surface area (Å²) in [5.41, 5.74) is 0.913. The third-order valence-electron chi connectivity index (χ3n) is 2.14. The Balaban J connectivity index is 2.35. The molecule has 0 aromatic heterocycles.